The number of nitrogens with one attached hydrogen (secondary N) is 3. The molecule has 2 fully saturated rings. The molecular weight excluding hydrogens is 388 g/mol. The molecule has 1 saturated carbocycles. The quantitative estimate of drug-likeness (QED) is 0.384. The van der Waals surface area contributed by atoms with Crippen LogP contribution >= 0.6 is 0 Å². The van der Waals surface area contributed by atoms with Gasteiger partial charge in [-0.2, -0.15) is 4.72 Å². The van der Waals surface area contributed by atoms with Gasteiger partial charge in [-0.1, -0.05) is 13.3 Å². The zero-order chi connectivity index (χ0) is 20.9. The summed E-state index contributed by atoms with van der Waals surface area (Å²) >= 11 is -1.50. The second-order valence-electron chi connectivity index (χ2n) is 7.44. The van der Waals surface area contributed by atoms with Gasteiger partial charge in [0.25, 0.3) is 5.91 Å². The van der Waals surface area contributed by atoms with Crippen LogP contribution in [0.25, 0.3) is 0 Å². The summed E-state index contributed by atoms with van der Waals surface area (Å²) in [6.45, 7) is 3.65. The molecule has 4 amide bonds. The minimum Gasteiger partial charge on any atom is -0.593 e. The highest BCUT2D eigenvalue weighted by atomic mass is 32.2. The Morgan fingerprint density at radius 3 is 2.57 bits per heavy atom. The van der Waals surface area contributed by atoms with Gasteiger partial charge in [-0.3, -0.25) is 14.4 Å². The van der Waals surface area contributed by atoms with Crippen LogP contribution in [0.15, 0.2) is 0 Å². The van der Waals surface area contributed by atoms with E-state index < -0.39 is 53.8 Å². The van der Waals surface area contributed by atoms with Gasteiger partial charge in [0, 0.05) is 19.4 Å². The van der Waals surface area contributed by atoms with Crippen LogP contribution in [0, 0.1) is 0 Å². The maximum Gasteiger partial charge on any atom is 0.405 e. The lowest BCUT2D eigenvalue weighted by molar-refractivity contribution is -0.138. The highest BCUT2D eigenvalue weighted by molar-refractivity contribution is 7.91. The first-order valence-corrected chi connectivity index (χ1v) is 10.6. The van der Waals surface area contributed by atoms with E-state index in [1.54, 1.807) is 0 Å². The molecule has 2 aliphatic rings. The van der Waals surface area contributed by atoms with Crippen LogP contribution in [0.4, 0.5) is 4.79 Å². The highest BCUT2D eigenvalue weighted by Gasteiger charge is 2.51. The largest absolute Gasteiger partial charge is 0.593 e. The summed E-state index contributed by atoms with van der Waals surface area (Å²) in [6.07, 6.45) is 2.33. The van der Waals surface area contributed by atoms with Crippen LogP contribution in [-0.4, -0.2) is 68.3 Å². The molecule has 28 heavy (non-hydrogen) atoms. The number of likely N-dealkylation sites (tertiary alicyclic amines) is 1. The van der Waals surface area contributed by atoms with Crippen molar-refractivity contribution in [2.45, 2.75) is 69.2 Å². The number of nitrogens with zero attached hydrogens (tertiary/aromatic N) is 1. The predicted octanol–water partition coefficient (Wildman–Crippen LogP) is -0.138. The SMILES string of the molecule is CCCC(NC(=O)[C@@H]1CCCN1C(=O)CNC(=O)O)C(=O)N[S+]([O-])C1(C)CC1. The molecule has 0 radical (unpaired) electrons. The fourth-order valence-electron chi connectivity index (χ4n) is 3.06. The van der Waals surface area contributed by atoms with Crippen LogP contribution in [0.2, 0.25) is 0 Å². The Kier molecular flexibility index (Phi) is 7.53. The fraction of sp³-hybridized carbons (Fsp3) is 0.765. The number of hydrogen-bond donors (Lipinski definition) is 4. The predicted molar refractivity (Wildman–Crippen MR) is 102 cm³/mol. The summed E-state index contributed by atoms with van der Waals surface area (Å²) in [5.41, 5.74) is 0. The Hall–Kier alpha value is -2.01. The van der Waals surface area contributed by atoms with Crippen molar-refractivity contribution in [1.29, 1.82) is 0 Å². The van der Waals surface area contributed by atoms with Crippen molar-refractivity contribution in [2.24, 2.45) is 0 Å². The molecular formula is C17H28N4O6S. The van der Waals surface area contributed by atoms with Gasteiger partial charge in [0.1, 0.15) is 23.4 Å². The molecule has 1 saturated heterocycles. The number of carbonyl (C=O) groups is 4. The molecule has 1 aliphatic carbocycles. The summed E-state index contributed by atoms with van der Waals surface area (Å²) < 4.78 is 14.3. The lowest BCUT2D eigenvalue weighted by Crippen LogP contribution is -2.55. The van der Waals surface area contributed by atoms with Crippen molar-refractivity contribution in [3.05, 3.63) is 0 Å². The Morgan fingerprint density at radius 2 is 2.00 bits per heavy atom. The van der Waals surface area contributed by atoms with Crippen molar-refractivity contribution >= 4 is 35.2 Å². The molecule has 3 atom stereocenters. The summed E-state index contributed by atoms with van der Waals surface area (Å²) in [7, 11) is 0. The molecule has 1 aliphatic heterocycles. The lowest BCUT2D eigenvalue weighted by atomic mass is 10.1. The van der Waals surface area contributed by atoms with E-state index in [9.17, 15) is 23.7 Å². The molecule has 0 aromatic rings. The maximum atomic E-state index is 12.7. The normalized spacial score (nSPS) is 22.1. The Morgan fingerprint density at radius 1 is 1.32 bits per heavy atom. The zero-order valence-corrected chi connectivity index (χ0v) is 17.0. The van der Waals surface area contributed by atoms with Gasteiger partial charge < -0.3 is 25.2 Å². The molecule has 0 aromatic heterocycles. The van der Waals surface area contributed by atoms with Gasteiger partial charge in [0.15, 0.2) is 0 Å². The standard InChI is InChI=1S/C17H28N4O6S/c1-3-5-11(14(23)20-28(27)17(2)7-8-17)19-15(24)12-6-4-9-21(12)13(22)10-18-16(25)26/h11-12,18H,3-10H2,1-2H3,(H,19,24)(H,20,23)(H,25,26)/t11?,12-,28?/m0/s1. The average molecular weight is 417 g/mol. The minimum absolute atomic E-state index is 0.352. The van der Waals surface area contributed by atoms with Crippen LogP contribution in [0.3, 0.4) is 0 Å². The molecule has 0 spiro atoms. The first kappa shape index (κ1) is 22.3. The third kappa shape index (κ3) is 5.74. The molecule has 11 heteroatoms. The second-order valence-corrected chi connectivity index (χ2v) is 9.17. The van der Waals surface area contributed by atoms with E-state index >= 15 is 0 Å². The van der Waals surface area contributed by atoms with Crippen molar-refractivity contribution in [3.63, 3.8) is 0 Å². The van der Waals surface area contributed by atoms with Gasteiger partial charge in [0.05, 0.1) is 11.4 Å². The number of carbonyl (C=O) groups excluding carboxylic acids is 3. The van der Waals surface area contributed by atoms with E-state index in [1.807, 2.05) is 19.2 Å². The minimum atomic E-state index is -1.50. The van der Waals surface area contributed by atoms with Gasteiger partial charge in [-0.05, 0) is 26.2 Å². The van der Waals surface area contributed by atoms with Crippen molar-refractivity contribution in [3.8, 4) is 0 Å². The van der Waals surface area contributed by atoms with Crippen LogP contribution < -0.4 is 15.4 Å². The van der Waals surface area contributed by atoms with Crippen molar-refractivity contribution in [2.75, 3.05) is 13.1 Å². The Balaban J connectivity index is 1.95. The van der Waals surface area contributed by atoms with E-state index in [-0.39, 0.29) is 4.75 Å². The first-order chi connectivity index (χ1) is 13.2. The van der Waals surface area contributed by atoms with E-state index in [1.165, 1.54) is 4.90 Å². The topological polar surface area (TPSA) is 151 Å². The molecule has 2 unspecified atom stereocenters. The van der Waals surface area contributed by atoms with Crippen LogP contribution in [0.5, 0.6) is 0 Å². The maximum absolute atomic E-state index is 12.7. The zero-order valence-electron chi connectivity index (χ0n) is 16.2. The second kappa shape index (κ2) is 9.46. The van der Waals surface area contributed by atoms with Crippen molar-refractivity contribution < 1.29 is 28.8 Å². The van der Waals surface area contributed by atoms with Crippen molar-refractivity contribution in [1.82, 2.24) is 20.3 Å². The van der Waals surface area contributed by atoms with Crippen LogP contribution in [0.1, 0.15) is 52.4 Å². The van der Waals surface area contributed by atoms with E-state index in [2.05, 4.69) is 10.0 Å². The Bertz CT molecular complexity index is 627. The number of hydrogen-bond acceptors (Lipinski definition) is 5. The van der Waals surface area contributed by atoms with Crippen LogP contribution in [-0.2, 0) is 25.7 Å². The number of rotatable bonds is 9. The smallest absolute Gasteiger partial charge is 0.405 e. The molecule has 0 bridgehead atoms. The molecule has 4 N–H and O–H groups in total. The average Bonchev–Trinajstić information content (AvgIpc) is 3.20. The number of carboxylic acid groups (broad SMARTS) is 1. The Labute approximate surface area is 167 Å². The monoisotopic (exact) mass is 416 g/mol. The summed E-state index contributed by atoms with van der Waals surface area (Å²) in [6, 6.07) is -1.58. The number of amides is 4. The summed E-state index contributed by atoms with van der Waals surface area (Å²) in [5.74, 6) is -1.44. The molecule has 158 valence electrons. The first-order valence-electron chi connectivity index (χ1n) is 9.47. The molecule has 1 heterocycles. The van der Waals surface area contributed by atoms with E-state index in [4.69, 9.17) is 5.11 Å². The summed E-state index contributed by atoms with van der Waals surface area (Å²) in [5, 5.41) is 13.3. The van der Waals surface area contributed by atoms with Gasteiger partial charge in [-0.25, -0.2) is 4.79 Å². The van der Waals surface area contributed by atoms with Gasteiger partial charge in [0.2, 0.25) is 11.8 Å². The third-order valence-corrected chi connectivity index (χ3v) is 6.76. The van der Waals surface area contributed by atoms with E-state index in [0.717, 1.165) is 12.8 Å². The van der Waals surface area contributed by atoms with Gasteiger partial charge >= 0.3 is 6.09 Å². The van der Waals surface area contributed by atoms with E-state index in [0.29, 0.717) is 32.2 Å². The third-order valence-electron chi connectivity index (χ3n) is 5.07. The lowest BCUT2D eigenvalue weighted by Gasteiger charge is -2.26. The fourth-order valence-corrected chi connectivity index (χ4v) is 4.11. The van der Waals surface area contributed by atoms with Gasteiger partial charge in [-0.15, -0.1) is 0 Å². The molecule has 2 rings (SSSR count). The summed E-state index contributed by atoms with van der Waals surface area (Å²) in [4.78, 5) is 49.2. The molecule has 0 aromatic carbocycles. The molecule has 10 nitrogen and oxygen atoms in total. The highest BCUT2D eigenvalue weighted by Crippen LogP contribution is 2.42.